The highest BCUT2D eigenvalue weighted by molar-refractivity contribution is 9.10. The Bertz CT molecular complexity index is 1710. The first-order valence-electron chi connectivity index (χ1n) is 14.6. The molecule has 254 valence electrons. The van der Waals surface area contributed by atoms with Crippen molar-refractivity contribution in [2.45, 2.75) is 32.7 Å². The van der Waals surface area contributed by atoms with Gasteiger partial charge >= 0.3 is 18.0 Å². The lowest BCUT2D eigenvalue weighted by atomic mass is 9.95. The number of esters is 1. The largest absolute Gasteiger partial charge is 0.493 e. The second kappa shape index (κ2) is 16.5. The van der Waals surface area contributed by atoms with Gasteiger partial charge in [-0.15, -0.1) is 0 Å². The Morgan fingerprint density at radius 3 is 2.42 bits per heavy atom. The van der Waals surface area contributed by atoms with Gasteiger partial charge in [-0.05, 0) is 77.3 Å². The molecule has 0 bridgehead atoms. The Balaban J connectivity index is 1.38. The lowest BCUT2D eigenvalue weighted by molar-refractivity contribution is -0.136. The zero-order chi connectivity index (χ0) is 34.8. The molecule has 4 rings (SSSR count). The third-order valence-corrected chi connectivity index (χ3v) is 7.66. The van der Waals surface area contributed by atoms with E-state index in [1.54, 1.807) is 56.3 Å². The number of carboxylic acids is 1. The number of ether oxygens (including phenoxy) is 5. The predicted molar refractivity (Wildman–Crippen MR) is 177 cm³/mol. The summed E-state index contributed by atoms with van der Waals surface area (Å²) in [6.45, 7) is 3.72. The second-order valence-electron chi connectivity index (χ2n) is 10.2. The topological polar surface area (TPSA) is 186 Å². The van der Waals surface area contributed by atoms with Gasteiger partial charge in [0.05, 0.1) is 44.2 Å². The number of carboxylic acid groups (broad SMARTS) is 1. The molecule has 0 saturated carbocycles. The second-order valence-corrected chi connectivity index (χ2v) is 11.1. The minimum absolute atomic E-state index is 0.187. The number of hydrogen-bond donors (Lipinski definition) is 5. The first-order chi connectivity index (χ1) is 23.0. The summed E-state index contributed by atoms with van der Waals surface area (Å²) in [4.78, 5) is 35.7. The third kappa shape index (κ3) is 8.95. The normalized spacial score (nSPS) is 14.9. The van der Waals surface area contributed by atoms with Crippen LogP contribution in [0.2, 0.25) is 0 Å². The summed E-state index contributed by atoms with van der Waals surface area (Å²) in [5.41, 5.74) is 5.39. The average Bonchev–Trinajstić information content (AvgIpc) is 3.07. The van der Waals surface area contributed by atoms with Crippen molar-refractivity contribution in [2.75, 3.05) is 27.4 Å². The molecule has 1 aliphatic heterocycles. The van der Waals surface area contributed by atoms with Crippen LogP contribution in [0.15, 0.2) is 75.4 Å². The summed E-state index contributed by atoms with van der Waals surface area (Å²) in [6.07, 6.45) is 0.276. The number of hydrogen-bond acceptors (Lipinski definition) is 11. The number of benzene rings is 3. The van der Waals surface area contributed by atoms with Gasteiger partial charge in [-0.1, -0.05) is 18.2 Å². The van der Waals surface area contributed by atoms with Crippen molar-refractivity contribution in [1.29, 1.82) is 0 Å². The number of carbonyl (C=O) groups is 3. The Hall–Kier alpha value is -5.28. The quantitative estimate of drug-likeness (QED) is 0.0652. The Labute approximate surface area is 284 Å². The van der Waals surface area contributed by atoms with Gasteiger partial charge < -0.3 is 44.5 Å². The van der Waals surface area contributed by atoms with Crippen LogP contribution < -0.4 is 35.0 Å². The van der Waals surface area contributed by atoms with Crippen LogP contribution in [-0.2, 0) is 16.1 Å². The fourth-order valence-electron chi connectivity index (χ4n) is 4.64. The monoisotopic (exact) mass is 726 g/mol. The van der Waals surface area contributed by atoms with Crippen LogP contribution in [0.3, 0.4) is 0 Å². The molecule has 0 unspecified atom stereocenters. The number of nitrogens with one attached hydrogen (secondary N) is 3. The summed E-state index contributed by atoms with van der Waals surface area (Å²) in [5.74, 6) is -0.0299. The predicted octanol–water partition coefficient (Wildman–Crippen LogP) is 4.26. The molecule has 1 aliphatic rings. The third-order valence-electron chi connectivity index (χ3n) is 6.98. The molecule has 5 N–H and O–H groups in total. The first-order valence-corrected chi connectivity index (χ1v) is 15.4. The summed E-state index contributed by atoms with van der Waals surface area (Å²) < 4.78 is 28.5. The van der Waals surface area contributed by atoms with Crippen LogP contribution in [0, 0.1) is 0 Å². The molecule has 15 heteroatoms. The molecule has 0 spiro atoms. The van der Waals surface area contributed by atoms with Gasteiger partial charge in [-0.25, -0.2) is 14.4 Å². The number of methoxy groups -OCH3 is 2. The minimum atomic E-state index is -1.20. The number of aliphatic hydroxyl groups is 1. The van der Waals surface area contributed by atoms with E-state index < -0.39 is 30.2 Å². The Kier molecular flexibility index (Phi) is 12.2. The lowest BCUT2D eigenvalue weighted by Gasteiger charge is -2.28. The van der Waals surface area contributed by atoms with E-state index in [4.69, 9.17) is 28.8 Å². The molecule has 0 aromatic heterocycles. The van der Waals surface area contributed by atoms with E-state index in [1.165, 1.54) is 32.6 Å². The number of amides is 2. The standard InChI is InChI=1S/C33H35BrN4O10/c1-5-46-26-12-21(30-29(32(42)45-4)18(2)36-33(43)37-30)10-11-24(26)48-17-28(39)38-35-15-22-13-25(44-3)27(14-23(22)34)47-16-19-6-8-20(9-7-19)31(40)41/h6-15,28,30,38-39H,5,16-17H2,1-4H3,(H,40,41)(H2,36,37,43)/b35-15-/t28-,30+/m0/s1. The van der Waals surface area contributed by atoms with E-state index in [9.17, 15) is 19.5 Å². The highest BCUT2D eigenvalue weighted by atomic mass is 79.9. The van der Waals surface area contributed by atoms with Crippen molar-refractivity contribution in [2.24, 2.45) is 5.10 Å². The molecule has 14 nitrogen and oxygen atoms in total. The van der Waals surface area contributed by atoms with Gasteiger partial charge in [0, 0.05) is 15.7 Å². The van der Waals surface area contributed by atoms with E-state index in [0.29, 0.717) is 50.9 Å². The SMILES string of the molecule is CCOc1cc([C@H]2NC(=O)NC(C)=C2C(=O)OC)ccc1OC[C@H](O)N/N=C\c1cc(OC)c(OCc2ccc(C(=O)O)cc2)cc1Br. The van der Waals surface area contributed by atoms with E-state index in [1.807, 2.05) is 0 Å². The Morgan fingerprint density at radius 2 is 1.75 bits per heavy atom. The minimum Gasteiger partial charge on any atom is -0.493 e. The van der Waals surface area contributed by atoms with Crippen LogP contribution >= 0.6 is 15.9 Å². The van der Waals surface area contributed by atoms with Gasteiger partial charge in [0.15, 0.2) is 29.2 Å². The molecule has 0 aliphatic carbocycles. The van der Waals surface area contributed by atoms with Crippen molar-refractivity contribution in [3.63, 3.8) is 0 Å². The summed E-state index contributed by atoms with van der Waals surface area (Å²) in [6, 6.07) is 13.5. The summed E-state index contributed by atoms with van der Waals surface area (Å²) >= 11 is 3.49. The Morgan fingerprint density at radius 1 is 1.02 bits per heavy atom. The van der Waals surface area contributed by atoms with Crippen molar-refractivity contribution in [3.8, 4) is 23.0 Å². The van der Waals surface area contributed by atoms with Gasteiger partial charge in [-0.2, -0.15) is 5.10 Å². The van der Waals surface area contributed by atoms with Crippen LogP contribution in [0.5, 0.6) is 23.0 Å². The fourth-order valence-corrected chi connectivity index (χ4v) is 5.07. The molecule has 3 aromatic carbocycles. The highest BCUT2D eigenvalue weighted by Gasteiger charge is 2.32. The maximum Gasteiger partial charge on any atom is 0.337 e. The molecule has 0 radical (unpaired) electrons. The molecule has 2 atom stereocenters. The fraction of sp³-hybridized carbons (Fsp3) is 0.273. The molecule has 48 heavy (non-hydrogen) atoms. The number of halogens is 1. The van der Waals surface area contributed by atoms with Gasteiger partial charge in [0.2, 0.25) is 0 Å². The van der Waals surface area contributed by atoms with Crippen LogP contribution in [0.25, 0.3) is 0 Å². The van der Waals surface area contributed by atoms with Crippen molar-refractivity contribution in [1.82, 2.24) is 16.1 Å². The number of nitrogens with zero attached hydrogens (tertiary/aromatic N) is 1. The lowest BCUT2D eigenvalue weighted by Crippen LogP contribution is -2.45. The van der Waals surface area contributed by atoms with Crippen molar-refractivity contribution < 1.29 is 48.3 Å². The molecule has 0 saturated heterocycles. The zero-order valence-electron chi connectivity index (χ0n) is 26.5. The molecule has 3 aromatic rings. The van der Waals surface area contributed by atoms with Gasteiger partial charge in [-0.3, -0.25) is 5.43 Å². The molecular weight excluding hydrogens is 692 g/mol. The molecule has 1 heterocycles. The highest BCUT2D eigenvalue weighted by Crippen LogP contribution is 2.35. The number of allylic oxidation sites excluding steroid dienone is 1. The van der Waals surface area contributed by atoms with Crippen molar-refractivity contribution >= 4 is 40.1 Å². The van der Waals surface area contributed by atoms with E-state index in [0.717, 1.165) is 5.56 Å². The zero-order valence-corrected chi connectivity index (χ0v) is 28.1. The summed E-state index contributed by atoms with van der Waals surface area (Å²) in [7, 11) is 2.76. The smallest absolute Gasteiger partial charge is 0.337 e. The number of carbonyl (C=O) groups excluding carboxylic acids is 2. The van der Waals surface area contributed by atoms with Gasteiger partial charge in [0.1, 0.15) is 13.2 Å². The average molecular weight is 728 g/mol. The number of rotatable bonds is 15. The van der Waals surface area contributed by atoms with Crippen molar-refractivity contribution in [3.05, 3.63) is 92.6 Å². The number of urea groups is 1. The number of aliphatic hydroxyl groups excluding tert-OH is 1. The van der Waals surface area contributed by atoms with Crippen LogP contribution in [-0.4, -0.2) is 68.1 Å². The van der Waals surface area contributed by atoms with Crippen LogP contribution in [0.1, 0.15) is 46.9 Å². The number of aromatic carboxylic acids is 1. The van der Waals surface area contributed by atoms with E-state index in [2.05, 4.69) is 37.1 Å². The van der Waals surface area contributed by atoms with E-state index in [-0.39, 0.29) is 24.4 Å². The first kappa shape index (κ1) is 35.6. The maximum absolute atomic E-state index is 12.5. The van der Waals surface area contributed by atoms with E-state index >= 15 is 0 Å². The summed E-state index contributed by atoms with van der Waals surface area (Å²) in [5, 5.41) is 29.0. The van der Waals surface area contributed by atoms with Crippen LogP contribution in [0.4, 0.5) is 4.79 Å². The molecule has 0 fully saturated rings. The van der Waals surface area contributed by atoms with Gasteiger partial charge in [0.25, 0.3) is 0 Å². The molecule has 2 amide bonds. The number of hydrazone groups is 1. The molecular formula is C33H35BrN4O10. The maximum atomic E-state index is 12.5.